The summed E-state index contributed by atoms with van der Waals surface area (Å²) >= 11 is -1.98. The molecule has 6 heteroatoms. The van der Waals surface area contributed by atoms with E-state index >= 15 is 0 Å². The van der Waals surface area contributed by atoms with E-state index in [0.717, 1.165) is 11.1 Å². The van der Waals surface area contributed by atoms with E-state index in [1.807, 2.05) is 38.2 Å². The van der Waals surface area contributed by atoms with Crippen molar-refractivity contribution >= 4 is 11.4 Å². The van der Waals surface area contributed by atoms with Crippen LogP contribution in [0.2, 0.25) is 0 Å². The summed E-state index contributed by atoms with van der Waals surface area (Å²) in [7, 11) is 0. The fourth-order valence-corrected chi connectivity index (χ4v) is 3.26. The molecule has 0 bridgehead atoms. The average molecular weight is 324 g/mol. The second kappa shape index (κ2) is 6.22. The lowest BCUT2D eigenvalue weighted by Gasteiger charge is -2.35. The third-order valence-corrected chi connectivity index (χ3v) is 5.05. The zero-order chi connectivity index (χ0) is 16.5. The Kier molecular flexibility index (Phi) is 4.89. The first-order chi connectivity index (χ1) is 10.1. The molecule has 0 heterocycles. The van der Waals surface area contributed by atoms with Crippen molar-refractivity contribution in [2.75, 3.05) is 0 Å². The molecule has 0 spiro atoms. The molecular weight excluding hydrogens is 300 g/mol. The van der Waals surface area contributed by atoms with Crippen molar-refractivity contribution in [3.8, 4) is 0 Å². The molecule has 22 heavy (non-hydrogen) atoms. The van der Waals surface area contributed by atoms with Gasteiger partial charge in [0.25, 0.3) is 0 Å². The third kappa shape index (κ3) is 3.64. The topological polar surface area (TPSA) is 87.6 Å². The van der Waals surface area contributed by atoms with Gasteiger partial charge in [-0.25, -0.2) is 0 Å². The Morgan fingerprint density at radius 3 is 1.64 bits per heavy atom. The molecule has 0 aromatic carbocycles. The Labute approximate surface area is 134 Å². The Morgan fingerprint density at radius 1 is 0.955 bits per heavy atom. The van der Waals surface area contributed by atoms with Gasteiger partial charge in [-0.3, -0.25) is 8.37 Å². The third-order valence-electron chi connectivity index (χ3n) is 4.06. The van der Waals surface area contributed by atoms with Crippen LogP contribution in [0.5, 0.6) is 0 Å². The highest BCUT2D eigenvalue weighted by molar-refractivity contribution is 7.75. The fraction of sp³-hybridized carbons (Fsp3) is 0.500. The van der Waals surface area contributed by atoms with E-state index in [1.54, 1.807) is 26.0 Å². The lowest BCUT2D eigenvalue weighted by atomic mass is 9.90. The van der Waals surface area contributed by atoms with E-state index in [9.17, 15) is 4.21 Å². The molecule has 0 fully saturated rings. The molecule has 0 amide bonds. The van der Waals surface area contributed by atoms with Gasteiger partial charge in [-0.1, -0.05) is 35.5 Å². The lowest BCUT2D eigenvalue weighted by Crippen LogP contribution is -2.50. The van der Waals surface area contributed by atoms with E-state index in [1.165, 1.54) is 0 Å². The van der Waals surface area contributed by atoms with Gasteiger partial charge in [0, 0.05) is 0 Å². The summed E-state index contributed by atoms with van der Waals surface area (Å²) in [6, 6.07) is -0.786. The molecule has 5 nitrogen and oxygen atoms in total. The van der Waals surface area contributed by atoms with Gasteiger partial charge >= 0.3 is 11.4 Å². The standard InChI is InChI=1S/C16H24N2O3S/c1-11-5-7-15(3,13(17)9-11)20-22(19)21-16(4)8-6-12(2)10-14(16)18/h5-10,13-14H,17-18H2,1-4H3. The van der Waals surface area contributed by atoms with Gasteiger partial charge in [-0.2, -0.15) is 4.21 Å². The second-order valence-corrected chi connectivity index (χ2v) is 7.02. The summed E-state index contributed by atoms with van der Waals surface area (Å²) in [6.45, 7) is 7.46. The average Bonchev–Trinajstić information content (AvgIpc) is 2.40. The normalized spacial score (nSPS) is 39.4. The van der Waals surface area contributed by atoms with Crippen molar-refractivity contribution in [1.82, 2.24) is 0 Å². The van der Waals surface area contributed by atoms with Crippen LogP contribution in [-0.2, 0) is 19.7 Å². The molecule has 4 N–H and O–H groups in total. The van der Waals surface area contributed by atoms with Crippen LogP contribution in [0.1, 0.15) is 27.7 Å². The van der Waals surface area contributed by atoms with Crippen LogP contribution in [-0.4, -0.2) is 27.5 Å². The van der Waals surface area contributed by atoms with E-state index in [-0.39, 0.29) is 0 Å². The maximum atomic E-state index is 12.3. The maximum absolute atomic E-state index is 12.3. The summed E-state index contributed by atoms with van der Waals surface area (Å²) in [6.07, 6.45) is 11.1. The van der Waals surface area contributed by atoms with Crippen molar-refractivity contribution in [2.24, 2.45) is 11.5 Å². The van der Waals surface area contributed by atoms with Crippen LogP contribution in [0.25, 0.3) is 0 Å². The minimum atomic E-state index is -1.98. The monoisotopic (exact) mass is 324 g/mol. The Bertz CT molecular complexity index is 546. The minimum absolute atomic E-state index is 0.393. The molecule has 0 saturated heterocycles. The number of nitrogens with two attached hydrogens (primary N) is 2. The molecule has 0 radical (unpaired) electrons. The molecule has 4 atom stereocenters. The Hall–Kier alpha value is -1.05. The Balaban J connectivity index is 2.05. The lowest BCUT2D eigenvalue weighted by molar-refractivity contribution is 0.0736. The van der Waals surface area contributed by atoms with Crippen LogP contribution in [0, 0.1) is 0 Å². The highest BCUT2D eigenvalue weighted by Crippen LogP contribution is 2.29. The van der Waals surface area contributed by atoms with Gasteiger partial charge in [0.15, 0.2) is 0 Å². The van der Waals surface area contributed by atoms with Crippen molar-refractivity contribution < 1.29 is 12.6 Å². The molecule has 2 aliphatic rings. The first-order valence-corrected chi connectivity index (χ1v) is 8.22. The molecule has 0 aromatic heterocycles. The summed E-state index contributed by atoms with van der Waals surface area (Å²) in [4.78, 5) is 0. The Morgan fingerprint density at radius 2 is 1.32 bits per heavy atom. The summed E-state index contributed by atoms with van der Waals surface area (Å²) in [5.74, 6) is 0. The van der Waals surface area contributed by atoms with E-state index in [2.05, 4.69) is 0 Å². The van der Waals surface area contributed by atoms with Gasteiger partial charge in [0.2, 0.25) is 0 Å². The summed E-state index contributed by atoms with van der Waals surface area (Å²) in [5.41, 5.74) is 12.5. The first kappa shape index (κ1) is 17.3. The van der Waals surface area contributed by atoms with Crippen molar-refractivity contribution in [2.45, 2.75) is 51.0 Å². The van der Waals surface area contributed by atoms with Crippen LogP contribution >= 0.6 is 0 Å². The fourth-order valence-electron chi connectivity index (χ4n) is 2.30. The molecule has 2 rings (SSSR count). The second-order valence-electron chi connectivity index (χ2n) is 6.28. The molecule has 122 valence electrons. The van der Waals surface area contributed by atoms with Gasteiger partial charge in [0.1, 0.15) is 11.2 Å². The molecule has 2 aliphatic carbocycles. The molecular formula is C16H24N2O3S. The molecule has 0 aromatic rings. The van der Waals surface area contributed by atoms with Crippen LogP contribution in [0.3, 0.4) is 0 Å². The van der Waals surface area contributed by atoms with Crippen molar-refractivity contribution in [3.05, 3.63) is 47.6 Å². The zero-order valence-electron chi connectivity index (χ0n) is 13.4. The SMILES string of the molecule is CC1=CC(N)C(C)(OS(=O)OC2(C)C=CC(C)=CC2N)C=C1. The van der Waals surface area contributed by atoms with E-state index in [0.29, 0.717) is 0 Å². The van der Waals surface area contributed by atoms with Gasteiger partial charge in [-0.05, 0) is 39.8 Å². The van der Waals surface area contributed by atoms with Crippen molar-refractivity contribution in [1.29, 1.82) is 0 Å². The minimum Gasteiger partial charge on any atom is -0.322 e. The van der Waals surface area contributed by atoms with E-state index in [4.69, 9.17) is 19.8 Å². The maximum Gasteiger partial charge on any atom is 0.306 e. The quantitative estimate of drug-likeness (QED) is 0.823. The van der Waals surface area contributed by atoms with Crippen LogP contribution < -0.4 is 11.5 Å². The molecule has 4 unspecified atom stereocenters. The number of rotatable bonds is 4. The van der Waals surface area contributed by atoms with E-state index < -0.39 is 34.6 Å². The zero-order valence-corrected chi connectivity index (χ0v) is 14.2. The van der Waals surface area contributed by atoms with Crippen molar-refractivity contribution in [3.63, 3.8) is 0 Å². The highest BCUT2D eigenvalue weighted by Gasteiger charge is 2.38. The van der Waals surface area contributed by atoms with Crippen LogP contribution in [0.15, 0.2) is 47.6 Å². The number of hydrogen-bond donors (Lipinski definition) is 2. The smallest absolute Gasteiger partial charge is 0.306 e. The summed E-state index contributed by atoms with van der Waals surface area (Å²) in [5, 5.41) is 0. The van der Waals surface area contributed by atoms with Gasteiger partial charge in [0.05, 0.1) is 12.1 Å². The number of hydrogen-bond acceptors (Lipinski definition) is 5. The highest BCUT2D eigenvalue weighted by atomic mass is 32.2. The predicted molar refractivity (Wildman–Crippen MR) is 88.9 cm³/mol. The molecule has 0 saturated carbocycles. The van der Waals surface area contributed by atoms with Crippen LogP contribution in [0.4, 0.5) is 0 Å². The molecule has 0 aliphatic heterocycles. The van der Waals surface area contributed by atoms with Gasteiger partial charge in [-0.15, -0.1) is 0 Å². The summed E-state index contributed by atoms with van der Waals surface area (Å²) < 4.78 is 23.4. The largest absolute Gasteiger partial charge is 0.322 e. The van der Waals surface area contributed by atoms with Gasteiger partial charge < -0.3 is 11.5 Å². The predicted octanol–water partition coefficient (Wildman–Crippen LogP) is 1.80. The number of allylic oxidation sites excluding steroid dienone is 4. The first-order valence-electron chi connectivity index (χ1n) is 7.22.